The Bertz CT molecular complexity index is 776. The Labute approximate surface area is 166 Å². The minimum Gasteiger partial charge on any atom is -0.493 e. The number of carbonyl (C=O) groups excluding carboxylic acids is 1. The number of carbonyl (C=O) groups is 1. The molecule has 10 heteroatoms. The minimum absolute atomic E-state index is 0.0615. The molecule has 28 heavy (non-hydrogen) atoms. The third kappa shape index (κ3) is 5.65. The van der Waals surface area contributed by atoms with Gasteiger partial charge in [-0.05, 0) is 25.1 Å². The summed E-state index contributed by atoms with van der Waals surface area (Å²) in [6.45, 7) is 3.77. The Morgan fingerprint density at radius 3 is 2.39 bits per heavy atom. The first kappa shape index (κ1) is 22.6. The predicted octanol–water partition coefficient (Wildman–Crippen LogP) is 0.0615. The van der Waals surface area contributed by atoms with Crippen molar-refractivity contribution in [1.82, 2.24) is 13.5 Å². The summed E-state index contributed by atoms with van der Waals surface area (Å²) in [4.78, 5) is 13.5. The number of ether oxygens (including phenoxy) is 2. The summed E-state index contributed by atoms with van der Waals surface area (Å²) in [5.41, 5.74) is 0.523. The van der Waals surface area contributed by atoms with E-state index in [-0.39, 0.29) is 12.4 Å². The van der Waals surface area contributed by atoms with Crippen LogP contribution in [-0.2, 0) is 10.2 Å². The lowest BCUT2D eigenvalue weighted by atomic mass is 10.1. The van der Waals surface area contributed by atoms with E-state index in [4.69, 9.17) is 9.47 Å². The van der Waals surface area contributed by atoms with E-state index in [1.165, 1.54) is 36.7 Å². The highest BCUT2D eigenvalue weighted by molar-refractivity contribution is 7.86. The first-order valence-electron chi connectivity index (χ1n) is 9.05. The van der Waals surface area contributed by atoms with Crippen LogP contribution in [0.25, 0.3) is 0 Å². The van der Waals surface area contributed by atoms with Crippen molar-refractivity contribution in [3.05, 3.63) is 23.8 Å². The van der Waals surface area contributed by atoms with E-state index in [1.54, 1.807) is 18.2 Å². The number of nitrogens with zero attached hydrogens (tertiary/aromatic N) is 3. The van der Waals surface area contributed by atoms with Gasteiger partial charge in [-0.15, -0.1) is 0 Å². The van der Waals surface area contributed by atoms with Crippen LogP contribution in [0.15, 0.2) is 18.2 Å². The van der Waals surface area contributed by atoms with E-state index in [0.717, 1.165) is 0 Å². The maximum atomic E-state index is 12.1. The fraction of sp³-hybridized carbons (Fsp3) is 0.611. The maximum absolute atomic E-state index is 12.1. The Morgan fingerprint density at radius 1 is 1.21 bits per heavy atom. The Morgan fingerprint density at radius 2 is 1.86 bits per heavy atom. The van der Waals surface area contributed by atoms with Crippen molar-refractivity contribution >= 4 is 16.0 Å². The summed E-state index contributed by atoms with van der Waals surface area (Å²) >= 11 is 0. The van der Waals surface area contributed by atoms with Gasteiger partial charge in [-0.25, -0.2) is 0 Å². The van der Waals surface area contributed by atoms with E-state index >= 15 is 0 Å². The summed E-state index contributed by atoms with van der Waals surface area (Å²) in [5, 5.41) is 10.3. The van der Waals surface area contributed by atoms with Gasteiger partial charge in [-0.2, -0.15) is 17.0 Å². The lowest BCUT2D eigenvalue weighted by molar-refractivity contribution is 0.0556. The average Bonchev–Trinajstić information content (AvgIpc) is 2.66. The zero-order valence-corrected chi connectivity index (χ0v) is 17.6. The van der Waals surface area contributed by atoms with Gasteiger partial charge in [0, 0.05) is 52.4 Å². The Kier molecular flexibility index (Phi) is 7.79. The summed E-state index contributed by atoms with van der Waals surface area (Å²) in [7, 11) is 1.12. The molecule has 1 atom stereocenters. The molecule has 0 aromatic heterocycles. The number of ketones is 1. The quantitative estimate of drug-likeness (QED) is 0.570. The number of β-amino-alcohol motifs (C(OH)–C–C–N with tert-alkyl or cyclic N) is 1. The van der Waals surface area contributed by atoms with Crippen LogP contribution >= 0.6 is 0 Å². The van der Waals surface area contributed by atoms with Crippen LogP contribution in [0.5, 0.6) is 11.5 Å². The van der Waals surface area contributed by atoms with Crippen molar-refractivity contribution < 1.29 is 27.8 Å². The van der Waals surface area contributed by atoms with Gasteiger partial charge in [0.05, 0.1) is 7.11 Å². The minimum atomic E-state index is -3.40. The zero-order valence-electron chi connectivity index (χ0n) is 16.8. The first-order chi connectivity index (χ1) is 13.1. The van der Waals surface area contributed by atoms with Crippen LogP contribution in [0.3, 0.4) is 0 Å². The SMILES string of the molecule is COc1cc(C(C)=O)ccc1OC[C@@H](O)CN1CCN(S(=O)(=O)N(C)C)CC1. The van der Waals surface area contributed by atoms with Gasteiger partial charge >= 0.3 is 0 Å². The predicted molar refractivity (Wildman–Crippen MR) is 105 cm³/mol. The van der Waals surface area contributed by atoms with Crippen LogP contribution in [0.1, 0.15) is 17.3 Å². The van der Waals surface area contributed by atoms with Crippen molar-refractivity contribution in [2.45, 2.75) is 13.0 Å². The van der Waals surface area contributed by atoms with E-state index in [2.05, 4.69) is 0 Å². The van der Waals surface area contributed by atoms with Gasteiger partial charge in [0.2, 0.25) is 0 Å². The normalized spacial score (nSPS) is 17.5. The van der Waals surface area contributed by atoms with Crippen molar-refractivity contribution in [2.75, 3.05) is 60.5 Å². The second kappa shape index (κ2) is 9.66. The molecule has 2 rings (SSSR count). The smallest absolute Gasteiger partial charge is 0.281 e. The highest BCUT2D eigenvalue weighted by Crippen LogP contribution is 2.28. The zero-order chi connectivity index (χ0) is 20.9. The molecular weight excluding hydrogens is 386 g/mol. The van der Waals surface area contributed by atoms with Crippen molar-refractivity contribution in [3.8, 4) is 11.5 Å². The lowest BCUT2D eigenvalue weighted by Gasteiger charge is -2.35. The molecule has 0 saturated carbocycles. The number of aliphatic hydroxyl groups excluding tert-OH is 1. The molecule has 1 N–H and O–H groups in total. The van der Waals surface area contributed by atoms with Crippen molar-refractivity contribution in [1.29, 1.82) is 0 Å². The van der Waals surface area contributed by atoms with Crippen LogP contribution in [0.2, 0.25) is 0 Å². The molecule has 0 aliphatic carbocycles. The molecule has 0 bridgehead atoms. The van der Waals surface area contributed by atoms with Crippen LogP contribution in [0, 0.1) is 0 Å². The molecule has 9 nitrogen and oxygen atoms in total. The van der Waals surface area contributed by atoms with Gasteiger partial charge in [0.25, 0.3) is 10.2 Å². The van der Waals surface area contributed by atoms with Gasteiger partial charge in [0.1, 0.15) is 12.7 Å². The lowest BCUT2D eigenvalue weighted by Crippen LogP contribution is -2.53. The highest BCUT2D eigenvalue weighted by Gasteiger charge is 2.29. The maximum Gasteiger partial charge on any atom is 0.281 e. The fourth-order valence-electron chi connectivity index (χ4n) is 2.92. The topological polar surface area (TPSA) is 99.6 Å². The number of hydrogen-bond donors (Lipinski definition) is 1. The number of aliphatic hydroxyl groups is 1. The molecule has 1 aliphatic rings. The number of methoxy groups -OCH3 is 1. The fourth-order valence-corrected chi connectivity index (χ4v) is 4.00. The van der Waals surface area contributed by atoms with Crippen LogP contribution in [-0.4, -0.2) is 99.5 Å². The summed E-state index contributed by atoms with van der Waals surface area (Å²) in [6.07, 6.45) is -0.741. The molecular formula is C18H29N3O6S. The molecule has 1 heterocycles. The van der Waals surface area contributed by atoms with Crippen LogP contribution < -0.4 is 9.47 Å². The molecule has 0 amide bonds. The van der Waals surface area contributed by atoms with Crippen molar-refractivity contribution in [3.63, 3.8) is 0 Å². The third-order valence-corrected chi connectivity index (χ3v) is 6.53. The molecule has 0 radical (unpaired) electrons. The second-order valence-electron chi connectivity index (χ2n) is 6.88. The van der Waals surface area contributed by atoms with Gasteiger partial charge in [-0.3, -0.25) is 9.69 Å². The third-order valence-electron chi connectivity index (χ3n) is 4.59. The van der Waals surface area contributed by atoms with E-state index in [1.807, 2.05) is 4.90 Å². The van der Waals surface area contributed by atoms with Gasteiger partial charge in [-0.1, -0.05) is 0 Å². The summed E-state index contributed by atoms with van der Waals surface area (Å²) in [6, 6.07) is 4.90. The largest absolute Gasteiger partial charge is 0.493 e. The number of piperazine rings is 1. The molecule has 1 aliphatic heterocycles. The standard InChI is InChI=1S/C18H29N3O6S/c1-14(22)15-5-6-17(18(11-15)26-4)27-13-16(23)12-20-7-9-21(10-8-20)28(24,25)19(2)3/h5-6,11,16,23H,7-10,12-13H2,1-4H3/t16-/m0/s1. The van der Waals surface area contributed by atoms with Gasteiger partial charge < -0.3 is 14.6 Å². The summed E-state index contributed by atoms with van der Waals surface area (Å²) in [5.74, 6) is 0.816. The summed E-state index contributed by atoms with van der Waals surface area (Å²) < 4.78 is 37.8. The second-order valence-corrected chi connectivity index (χ2v) is 9.02. The monoisotopic (exact) mass is 415 g/mol. The Balaban J connectivity index is 1.84. The van der Waals surface area contributed by atoms with Crippen molar-refractivity contribution in [2.24, 2.45) is 0 Å². The number of hydrogen-bond acceptors (Lipinski definition) is 7. The first-order valence-corrected chi connectivity index (χ1v) is 10.4. The van der Waals surface area contributed by atoms with E-state index in [9.17, 15) is 18.3 Å². The molecule has 0 unspecified atom stereocenters. The molecule has 1 saturated heterocycles. The number of benzene rings is 1. The van der Waals surface area contributed by atoms with E-state index < -0.39 is 16.3 Å². The average molecular weight is 416 g/mol. The number of rotatable bonds is 9. The van der Waals surface area contributed by atoms with Gasteiger partial charge in [0.15, 0.2) is 17.3 Å². The molecule has 1 aromatic rings. The highest BCUT2D eigenvalue weighted by atomic mass is 32.2. The Hall–Kier alpha value is -1.72. The van der Waals surface area contributed by atoms with Crippen LogP contribution in [0.4, 0.5) is 0 Å². The molecule has 0 spiro atoms. The molecule has 1 aromatic carbocycles. The molecule has 158 valence electrons. The molecule has 1 fully saturated rings. The van der Waals surface area contributed by atoms with E-state index in [0.29, 0.717) is 49.8 Å². The number of Topliss-reactive ketones (excluding diaryl/α,β-unsaturated/α-hetero) is 1.